The summed E-state index contributed by atoms with van der Waals surface area (Å²) in [4.78, 5) is 51.5. The number of carbonyl (C=O) groups excluding carboxylic acids is 3. The fourth-order valence-electron chi connectivity index (χ4n) is 4.53. The number of nitrogens with one attached hydrogen (secondary N) is 1. The number of benzene rings is 4. The quantitative estimate of drug-likeness (QED) is 0.155. The molecule has 1 aliphatic rings. The highest BCUT2D eigenvalue weighted by Crippen LogP contribution is 2.37. The van der Waals surface area contributed by atoms with Crippen molar-refractivity contribution in [1.29, 1.82) is 0 Å². The number of carbonyl (C=O) groups is 3. The van der Waals surface area contributed by atoms with Gasteiger partial charge >= 0.3 is 0 Å². The van der Waals surface area contributed by atoms with Gasteiger partial charge < -0.3 is 10.4 Å². The minimum atomic E-state index is -0.616. The molecule has 0 fully saturated rings. The zero-order valence-corrected chi connectivity index (χ0v) is 20.8. The summed E-state index contributed by atoms with van der Waals surface area (Å²) in [5.41, 5.74) is 1.69. The molecule has 4 aromatic carbocycles. The lowest BCUT2D eigenvalue weighted by molar-refractivity contribution is -0.383. The molecule has 0 spiro atoms. The van der Waals surface area contributed by atoms with Crippen molar-refractivity contribution in [3.63, 3.8) is 0 Å². The van der Waals surface area contributed by atoms with E-state index in [1.807, 2.05) is 20.8 Å². The van der Waals surface area contributed by atoms with Crippen LogP contribution in [0.25, 0.3) is 10.8 Å². The Morgan fingerprint density at radius 1 is 0.921 bits per heavy atom. The number of hydrogen-bond acceptors (Lipinski definition) is 6. The Labute approximate surface area is 217 Å². The number of rotatable bonds is 4. The molecular weight excluding hydrogens is 486 g/mol. The van der Waals surface area contributed by atoms with E-state index in [1.54, 1.807) is 12.1 Å². The smallest absolute Gasteiger partial charge is 0.277 e. The number of aromatic hydroxyl groups is 1. The molecule has 0 unspecified atom stereocenters. The van der Waals surface area contributed by atoms with Gasteiger partial charge in [0.05, 0.1) is 21.7 Å². The number of imide groups is 1. The zero-order valence-electron chi connectivity index (χ0n) is 20.8. The lowest BCUT2D eigenvalue weighted by Crippen LogP contribution is -2.40. The third-order valence-corrected chi connectivity index (χ3v) is 6.58. The Morgan fingerprint density at radius 2 is 1.58 bits per heavy atom. The van der Waals surface area contributed by atoms with Gasteiger partial charge in [-0.15, -0.1) is 0 Å². The van der Waals surface area contributed by atoms with Crippen LogP contribution in [-0.2, 0) is 5.41 Å². The van der Waals surface area contributed by atoms with Crippen molar-refractivity contribution in [3.05, 3.63) is 105 Å². The third-order valence-electron chi connectivity index (χ3n) is 6.58. The molecule has 3 amide bonds. The molecule has 0 aromatic heterocycles. The van der Waals surface area contributed by atoms with E-state index in [9.17, 15) is 29.6 Å². The molecule has 0 aliphatic carbocycles. The van der Waals surface area contributed by atoms with E-state index in [1.165, 1.54) is 60.7 Å². The van der Waals surface area contributed by atoms with Crippen molar-refractivity contribution >= 4 is 45.6 Å². The Hall–Kier alpha value is -5.05. The van der Waals surface area contributed by atoms with Gasteiger partial charge in [-0.2, -0.15) is 0 Å². The van der Waals surface area contributed by atoms with E-state index < -0.39 is 22.6 Å². The second-order valence-corrected chi connectivity index (χ2v) is 10.0. The van der Waals surface area contributed by atoms with Gasteiger partial charge in [0.1, 0.15) is 5.75 Å². The van der Waals surface area contributed by atoms with Gasteiger partial charge in [-0.1, -0.05) is 32.9 Å². The van der Waals surface area contributed by atoms with Gasteiger partial charge in [0.2, 0.25) is 0 Å². The van der Waals surface area contributed by atoms with Crippen LogP contribution >= 0.6 is 0 Å². The number of anilines is 2. The summed E-state index contributed by atoms with van der Waals surface area (Å²) in [5, 5.41) is 24.9. The average molecular weight is 510 g/mol. The van der Waals surface area contributed by atoms with Crippen LogP contribution in [0.1, 0.15) is 57.4 Å². The lowest BCUT2D eigenvalue weighted by atomic mass is 9.87. The Kier molecular flexibility index (Phi) is 5.71. The maximum Gasteiger partial charge on any atom is 0.277 e. The summed E-state index contributed by atoms with van der Waals surface area (Å²) in [6, 6.07) is 18.1. The minimum absolute atomic E-state index is 0.0689. The molecule has 4 aromatic rings. The van der Waals surface area contributed by atoms with Gasteiger partial charge in [0.25, 0.3) is 23.4 Å². The van der Waals surface area contributed by atoms with Gasteiger partial charge in [0.15, 0.2) is 0 Å². The van der Waals surface area contributed by atoms with E-state index in [0.29, 0.717) is 0 Å². The number of amides is 3. The summed E-state index contributed by atoms with van der Waals surface area (Å²) < 4.78 is 0. The summed E-state index contributed by atoms with van der Waals surface area (Å²) in [6.07, 6.45) is 0. The van der Waals surface area contributed by atoms with E-state index >= 15 is 0 Å². The summed E-state index contributed by atoms with van der Waals surface area (Å²) >= 11 is 0. The van der Waals surface area contributed by atoms with Crippen molar-refractivity contribution < 1.29 is 24.4 Å². The second-order valence-electron chi connectivity index (χ2n) is 10.0. The molecule has 0 bridgehead atoms. The Morgan fingerprint density at radius 3 is 2.21 bits per heavy atom. The highest BCUT2D eigenvalue weighted by atomic mass is 16.6. The maximum atomic E-state index is 13.3. The molecule has 1 aliphatic heterocycles. The zero-order chi connectivity index (χ0) is 27.4. The van der Waals surface area contributed by atoms with E-state index in [2.05, 4.69) is 5.32 Å². The molecular formula is C29H23N3O6. The fourth-order valence-corrected chi connectivity index (χ4v) is 4.53. The van der Waals surface area contributed by atoms with Crippen LogP contribution in [0.4, 0.5) is 17.1 Å². The number of nitro benzene ring substituents is 1. The maximum absolute atomic E-state index is 13.3. The number of phenols is 1. The number of non-ortho nitro benzene ring substituents is 1. The molecule has 0 saturated carbocycles. The molecule has 38 heavy (non-hydrogen) atoms. The first-order valence-electron chi connectivity index (χ1n) is 11.8. The van der Waals surface area contributed by atoms with Crippen LogP contribution < -0.4 is 10.2 Å². The molecule has 0 saturated heterocycles. The Bertz CT molecular complexity index is 1650. The van der Waals surface area contributed by atoms with Gasteiger partial charge in [-0.3, -0.25) is 24.5 Å². The minimum Gasteiger partial charge on any atom is -0.506 e. The molecule has 190 valence electrons. The van der Waals surface area contributed by atoms with Crippen LogP contribution in [0.2, 0.25) is 0 Å². The van der Waals surface area contributed by atoms with Gasteiger partial charge in [-0.25, -0.2) is 4.90 Å². The van der Waals surface area contributed by atoms with Crippen LogP contribution in [0.15, 0.2) is 72.8 Å². The van der Waals surface area contributed by atoms with Gasteiger partial charge in [0, 0.05) is 28.1 Å². The third kappa shape index (κ3) is 4.03. The van der Waals surface area contributed by atoms with Crippen LogP contribution in [-0.4, -0.2) is 27.8 Å². The lowest BCUT2D eigenvalue weighted by Gasteiger charge is -2.27. The largest absolute Gasteiger partial charge is 0.506 e. The van der Waals surface area contributed by atoms with E-state index in [-0.39, 0.29) is 55.7 Å². The molecule has 1 heterocycles. The first-order chi connectivity index (χ1) is 18.0. The Balaban J connectivity index is 1.45. The fraction of sp³-hybridized carbons (Fsp3) is 0.138. The van der Waals surface area contributed by atoms with Crippen LogP contribution in [0.5, 0.6) is 5.75 Å². The molecule has 0 atom stereocenters. The summed E-state index contributed by atoms with van der Waals surface area (Å²) in [7, 11) is 0. The molecule has 2 N–H and O–H groups in total. The van der Waals surface area contributed by atoms with Crippen molar-refractivity contribution in [1.82, 2.24) is 0 Å². The normalized spacial score (nSPS) is 13.1. The van der Waals surface area contributed by atoms with Gasteiger partial charge in [-0.05, 0) is 65.6 Å². The number of phenolic OH excluding ortho intramolecular Hbond substituents is 1. The highest BCUT2D eigenvalue weighted by Gasteiger charge is 2.35. The first-order valence-corrected chi connectivity index (χ1v) is 11.8. The highest BCUT2D eigenvalue weighted by molar-refractivity contribution is 6.36. The first kappa shape index (κ1) is 24.6. The molecule has 9 heteroatoms. The van der Waals surface area contributed by atoms with Crippen molar-refractivity contribution in [3.8, 4) is 5.75 Å². The number of nitrogens with zero attached hydrogens (tertiary/aromatic N) is 2. The molecule has 5 rings (SSSR count). The second kappa shape index (κ2) is 8.81. The average Bonchev–Trinajstić information content (AvgIpc) is 2.87. The topological polar surface area (TPSA) is 130 Å². The predicted molar refractivity (Wildman–Crippen MR) is 143 cm³/mol. The van der Waals surface area contributed by atoms with E-state index in [4.69, 9.17) is 0 Å². The standard InChI is InChI=1S/C29H23N3O6/c1-29(2,3)17-9-14-24(33)22(15-17)30-26(34)16-7-10-18(11-8-16)31-27(35)20-6-4-5-19-23(32(37)38)13-12-21(25(19)20)28(31)36/h4-15,33H,1-3H3,(H,30,34). The molecule has 0 radical (unpaired) electrons. The molecule has 9 nitrogen and oxygen atoms in total. The van der Waals surface area contributed by atoms with Crippen molar-refractivity contribution in [2.45, 2.75) is 26.2 Å². The van der Waals surface area contributed by atoms with E-state index in [0.717, 1.165) is 10.5 Å². The predicted octanol–water partition coefficient (Wildman–Crippen LogP) is 5.80. The van der Waals surface area contributed by atoms with Crippen molar-refractivity contribution in [2.24, 2.45) is 0 Å². The summed E-state index contributed by atoms with van der Waals surface area (Å²) in [5.74, 6) is -1.78. The SMILES string of the molecule is CC(C)(C)c1ccc(O)c(NC(=O)c2ccc(N3C(=O)c4cccc5c([N+](=O)[O-])ccc(c45)C3=O)cc2)c1. The van der Waals surface area contributed by atoms with Crippen LogP contribution in [0, 0.1) is 10.1 Å². The number of hydrogen-bond donors (Lipinski definition) is 2. The number of nitro groups is 1. The monoisotopic (exact) mass is 509 g/mol. The summed E-state index contributed by atoms with van der Waals surface area (Å²) in [6.45, 7) is 6.06. The van der Waals surface area contributed by atoms with Crippen LogP contribution in [0.3, 0.4) is 0 Å². The van der Waals surface area contributed by atoms with Crippen molar-refractivity contribution in [2.75, 3.05) is 10.2 Å².